The average molecular weight is 461 g/mol. The van der Waals surface area contributed by atoms with E-state index >= 15 is 0 Å². The van der Waals surface area contributed by atoms with E-state index in [-0.39, 0.29) is 12.1 Å². The van der Waals surface area contributed by atoms with Crippen LogP contribution in [-0.2, 0) is 20.5 Å². The van der Waals surface area contributed by atoms with Crippen molar-refractivity contribution in [1.29, 1.82) is 0 Å². The number of hydrogen-bond acceptors (Lipinski definition) is 6. The van der Waals surface area contributed by atoms with Crippen LogP contribution in [0.2, 0.25) is 0 Å². The van der Waals surface area contributed by atoms with Crippen molar-refractivity contribution in [2.24, 2.45) is 0 Å². The first kappa shape index (κ1) is 22.4. The second-order valence-corrected chi connectivity index (χ2v) is 9.60. The molecule has 0 radical (unpaired) electrons. The number of hydrogen-bond donors (Lipinski definition) is 2. The van der Waals surface area contributed by atoms with E-state index in [0.717, 1.165) is 30.7 Å². The van der Waals surface area contributed by atoms with E-state index in [9.17, 15) is 17.8 Å². The summed E-state index contributed by atoms with van der Waals surface area (Å²) in [4.78, 5) is 15.7. The minimum absolute atomic E-state index is 0.00264. The molecule has 0 spiro atoms. The van der Waals surface area contributed by atoms with Crippen molar-refractivity contribution in [2.45, 2.75) is 49.6 Å². The molecule has 172 valence electrons. The van der Waals surface area contributed by atoms with Crippen molar-refractivity contribution in [3.05, 3.63) is 54.1 Å². The summed E-state index contributed by atoms with van der Waals surface area (Å²) in [6.07, 6.45) is 3.54. The Morgan fingerprint density at radius 3 is 2.38 bits per heavy atom. The fourth-order valence-electron chi connectivity index (χ4n) is 5.38. The number of nitrogens with zero attached hydrogens (tertiary/aromatic N) is 1. The summed E-state index contributed by atoms with van der Waals surface area (Å²) in [6.45, 7) is 0. The van der Waals surface area contributed by atoms with Gasteiger partial charge < -0.3 is 14.4 Å². The van der Waals surface area contributed by atoms with Crippen LogP contribution < -0.4 is 19.1 Å². The maximum absolute atomic E-state index is 13.4. The normalized spacial score (nSPS) is 25.2. The standard InChI is InChI=1S/C23H28N2O6S/c1-30-19-10-5-7-16(13-19)23(22(26)24-32(27,28)29)14-17-8-6-9-18(15-23)25(17)20-11-3-4-12-21(20)31-2/h3-5,7,10-13,17-18H,6,8-9,14-15H2,1-2H3,(H,24,26)(H,27,28,29). The Hall–Kier alpha value is -2.78. The SMILES string of the molecule is COc1cccc(C2(C(=O)NS(=O)(=O)O)CC3CCCC(C2)N3c2ccccc2OC)c1. The molecular weight excluding hydrogens is 432 g/mol. The number of para-hydroxylation sites is 2. The third-order valence-electron chi connectivity index (χ3n) is 6.67. The lowest BCUT2D eigenvalue weighted by atomic mass is 9.64. The zero-order valence-corrected chi connectivity index (χ0v) is 19.0. The Morgan fingerprint density at radius 2 is 1.75 bits per heavy atom. The molecule has 2 aromatic carbocycles. The molecule has 2 atom stereocenters. The van der Waals surface area contributed by atoms with Crippen molar-refractivity contribution in [2.75, 3.05) is 19.1 Å². The number of fused-ring (bicyclic) bond motifs is 2. The number of methoxy groups -OCH3 is 2. The zero-order valence-electron chi connectivity index (χ0n) is 18.2. The summed E-state index contributed by atoms with van der Waals surface area (Å²) < 4.78 is 45.3. The van der Waals surface area contributed by atoms with Gasteiger partial charge in [-0.15, -0.1) is 0 Å². The van der Waals surface area contributed by atoms with E-state index in [1.54, 1.807) is 32.4 Å². The Kier molecular flexibility index (Phi) is 6.05. The maximum atomic E-state index is 13.4. The molecule has 2 heterocycles. The van der Waals surface area contributed by atoms with Gasteiger partial charge in [-0.1, -0.05) is 24.3 Å². The lowest BCUT2D eigenvalue weighted by molar-refractivity contribution is -0.127. The highest BCUT2D eigenvalue weighted by molar-refractivity contribution is 7.84. The third kappa shape index (κ3) is 4.14. The number of benzene rings is 2. The zero-order chi connectivity index (χ0) is 22.9. The molecule has 4 rings (SSSR count). The largest absolute Gasteiger partial charge is 0.497 e. The van der Waals surface area contributed by atoms with Gasteiger partial charge in [0.15, 0.2) is 0 Å². The first-order valence-corrected chi connectivity index (χ1v) is 12.1. The molecule has 8 nitrogen and oxygen atoms in total. The topological polar surface area (TPSA) is 105 Å². The lowest BCUT2D eigenvalue weighted by Gasteiger charge is -2.54. The second kappa shape index (κ2) is 8.63. The summed E-state index contributed by atoms with van der Waals surface area (Å²) in [5.74, 6) is 0.629. The van der Waals surface area contributed by atoms with Crippen LogP contribution in [0.4, 0.5) is 5.69 Å². The van der Waals surface area contributed by atoms with Crippen LogP contribution in [0, 0.1) is 0 Å². The summed E-state index contributed by atoms with van der Waals surface area (Å²) in [6, 6.07) is 15.0. The first-order chi connectivity index (χ1) is 15.3. The molecule has 32 heavy (non-hydrogen) atoms. The number of rotatable bonds is 6. The maximum Gasteiger partial charge on any atom is 0.359 e. The van der Waals surface area contributed by atoms with Crippen LogP contribution in [0.25, 0.3) is 0 Å². The van der Waals surface area contributed by atoms with E-state index in [2.05, 4.69) is 4.90 Å². The number of ether oxygens (including phenoxy) is 2. The van der Waals surface area contributed by atoms with Gasteiger partial charge in [-0.3, -0.25) is 9.35 Å². The van der Waals surface area contributed by atoms with E-state index in [4.69, 9.17) is 9.47 Å². The quantitative estimate of drug-likeness (QED) is 0.638. The molecule has 1 amide bonds. The van der Waals surface area contributed by atoms with Crippen molar-refractivity contribution >= 4 is 21.9 Å². The number of anilines is 1. The summed E-state index contributed by atoms with van der Waals surface area (Å²) >= 11 is 0. The van der Waals surface area contributed by atoms with Gasteiger partial charge in [0.25, 0.3) is 0 Å². The Labute approximate surface area is 188 Å². The fraction of sp³-hybridized carbons (Fsp3) is 0.435. The molecule has 2 aromatic rings. The number of nitrogens with one attached hydrogen (secondary N) is 1. The molecule has 2 aliphatic rings. The number of carbonyl (C=O) groups is 1. The van der Waals surface area contributed by atoms with Gasteiger partial charge in [0, 0.05) is 12.1 Å². The Morgan fingerprint density at radius 1 is 1.06 bits per heavy atom. The van der Waals surface area contributed by atoms with E-state index in [1.807, 2.05) is 35.1 Å². The molecule has 2 aliphatic heterocycles. The molecule has 2 N–H and O–H groups in total. The molecule has 2 unspecified atom stereocenters. The Bertz CT molecular complexity index is 1090. The fourth-order valence-corrected chi connectivity index (χ4v) is 5.81. The average Bonchev–Trinajstić information content (AvgIpc) is 2.77. The van der Waals surface area contributed by atoms with Gasteiger partial charge in [0.05, 0.1) is 25.3 Å². The summed E-state index contributed by atoms with van der Waals surface area (Å²) in [7, 11) is -1.52. The van der Waals surface area contributed by atoms with Crippen LogP contribution in [0.1, 0.15) is 37.7 Å². The van der Waals surface area contributed by atoms with Crippen LogP contribution in [0.5, 0.6) is 11.5 Å². The van der Waals surface area contributed by atoms with E-state index < -0.39 is 21.6 Å². The van der Waals surface area contributed by atoms with E-state index in [0.29, 0.717) is 24.2 Å². The highest BCUT2D eigenvalue weighted by Crippen LogP contribution is 2.49. The van der Waals surface area contributed by atoms with E-state index in [1.165, 1.54) is 0 Å². The minimum Gasteiger partial charge on any atom is -0.497 e. The van der Waals surface area contributed by atoms with Crippen molar-refractivity contribution in [1.82, 2.24) is 4.72 Å². The van der Waals surface area contributed by atoms with Gasteiger partial charge in [-0.05, 0) is 61.9 Å². The summed E-state index contributed by atoms with van der Waals surface area (Å²) in [5.41, 5.74) is 0.521. The molecule has 0 saturated carbocycles. The monoisotopic (exact) mass is 460 g/mol. The highest BCUT2D eigenvalue weighted by Gasteiger charge is 2.52. The molecule has 0 aliphatic carbocycles. The van der Waals surface area contributed by atoms with Crippen molar-refractivity contribution < 1.29 is 27.2 Å². The van der Waals surface area contributed by atoms with Crippen molar-refractivity contribution in [3.63, 3.8) is 0 Å². The predicted octanol–water partition coefficient (Wildman–Crippen LogP) is 3.08. The molecule has 2 fully saturated rings. The molecule has 2 saturated heterocycles. The minimum atomic E-state index is -4.70. The Balaban J connectivity index is 1.80. The van der Waals surface area contributed by atoms with Gasteiger partial charge in [-0.2, -0.15) is 8.42 Å². The molecule has 2 bridgehead atoms. The number of amides is 1. The van der Waals surface area contributed by atoms with Gasteiger partial charge in [0.2, 0.25) is 5.91 Å². The third-order valence-corrected chi connectivity index (χ3v) is 7.11. The van der Waals surface area contributed by atoms with Gasteiger partial charge in [0.1, 0.15) is 11.5 Å². The highest BCUT2D eigenvalue weighted by atomic mass is 32.2. The van der Waals surface area contributed by atoms with Crippen molar-refractivity contribution in [3.8, 4) is 11.5 Å². The van der Waals surface area contributed by atoms with Gasteiger partial charge >= 0.3 is 10.3 Å². The summed E-state index contributed by atoms with van der Waals surface area (Å²) in [5, 5.41) is 0. The van der Waals surface area contributed by atoms with Crippen LogP contribution in [0.15, 0.2) is 48.5 Å². The second-order valence-electron chi connectivity index (χ2n) is 8.45. The smallest absolute Gasteiger partial charge is 0.359 e. The van der Waals surface area contributed by atoms with Crippen LogP contribution >= 0.6 is 0 Å². The van der Waals surface area contributed by atoms with Crippen LogP contribution in [0.3, 0.4) is 0 Å². The lowest BCUT2D eigenvalue weighted by Crippen LogP contribution is -2.61. The molecule has 0 aromatic heterocycles. The van der Waals surface area contributed by atoms with Crippen LogP contribution in [-0.4, -0.2) is 45.2 Å². The number of piperidine rings is 2. The van der Waals surface area contributed by atoms with Gasteiger partial charge in [-0.25, -0.2) is 4.72 Å². The molecule has 9 heteroatoms. The predicted molar refractivity (Wildman–Crippen MR) is 120 cm³/mol. The number of carbonyl (C=O) groups excluding carboxylic acids is 1. The first-order valence-electron chi connectivity index (χ1n) is 10.6. The molecular formula is C23H28N2O6S.